The van der Waals surface area contributed by atoms with E-state index in [0.29, 0.717) is 44.8 Å². The summed E-state index contributed by atoms with van der Waals surface area (Å²) in [6, 6.07) is 9.18. The van der Waals surface area contributed by atoms with Crippen LogP contribution in [0.4, 0.5) is 5.69 Å². The predicted octanol–water partition coefficient (Wildman–Crippen LogP) is 0.893. The van der Waals surface area contributed by atoms with Crippen LogP contribution >= 0.6 is 0 Å². The van der Waals surface area contributed by atoms with Crippen molar-refractivity contribution in [1.82, 2.24) is 15.1 Å². The number of amides is 2. The molecule has 1 aliphatic heterocycles. The molecule has 1 saturated heterocycles. The zero-order chi connectivity index (χ0) is 19.1. The normalized spacial score (nSPS) is 15.9. The fraction of sp³-hybridized carbons (Fsp3) is 0.421. The first-order valence-corrected chi connectivity index (χ1v) is 9.04. The topological polar surface area (TPSA) is 111 Å². The summed E-state index contributed by atoms with van der Waals surface area (Å²) in [6.07, 6.45) is 4.63. The van der Waals surface area contributed by atoms with Crippen molar-refractivity contribution in [2.45, 2.75) is 25.9 Å². The lowest BCUT2D eigenvalue weighted by Gasteiger charge is -2.34. The van der Waals surface area contributed by atoms with E-state index in [0.717, 1.165) is 5.56 Å². The maximum absolute atomic E-state index is 12.6. The van der Waals surface area contributed by atoms with E-state index in [4.69, 9.17) is 10.5 Å². The van der Waals surface area contributed by atoms with Crippen LogP contribution in [0.15, 0.2) is 42.7 Å². The van der Waals surface area contributed by atoms with Gasteiger partial charge in [-0.25, -0.2) is 0 Å². The van der Waals surface area contributed by atoms with E-state index in [-0.39, 0.29) is 18.4 Å². The molecule has 1 aromatic heterocycles. The van der Waals surface area contributed by atoms with Gasteiger partial charge in [0.1, 0.15) is 6.54 Å². The van der Waals surface area contributed by atoms with Gasteiger partial charge in [-0.1, -0.05) is 12.1 Å². The second-order valence-corrected chi connectivity index (χ2v) is 6.73. The Hall–Kier alpha value is -2.71. The van der Waals surface area contributed by atoms with E-state index < -0.39 is 5.41 Å². The number of carbonyl (C=O) groups excluding carboxylic acids is 2. The van der Waals surface area contributed by atoms with E-state index in [9.17, 15) is 9.59 Å². The van der Waals surface area contributed by atoms with Crippen LogP contribution in [0.3, 0.4) is 0 Å². The molecule has 0 bridgehead atoms. The molecule has 8 heteroatoms. The van der Waals surface area contributed by atoms with Crippen LogP contribution in [0.5, 0.6) is 0 Å². The van der Waals surface area contributed by atoms with Crippen molar-refractivity contribution in [3.63, 3.8) is 0 Å². The van der Waals surface area contributed by atoms with Crippen LogP contribution in [0, 0.1) is 5.41 Å². The number of nitrogens with one attached hydrogen (secondary N) is 2. The van der Waals surface area contributed by atoms with Gasteiger partial charge in [0.15, 0.2) is 0 Å². The summed E-state index contributed by atoms with van der Waals surface area (Å²) in [5.74, 6) is -0.203. The third-order valence-corrected chi connectivity index (χ3v) is 4.85. The molecule has 27 heavy (non-hydrogen) atoms. The number of aromatic nitrogens is 2. The van der Waals surface area contributed by atoms with Crippen molar-refractivity contribution in [3.8, 4) is 0 Å². The van der Waals surface area contributed by atoms with Gasteiger partial charge in [0, 0.05) is 44.4 Å². The molecule has 2 amide bonds. The minimum Gasteiger partial charge on any atom is -0.381 e. The first-order valence-electron chi connectivity index (χ1n) is 9.04. The van der Waals surface area contributed by atoms with Gasteiger partial charge in [-0.05, 0) is 36.6 Å². The Bertz CT molecular complexity index is 769. The molecule has 3 rings (SSSR count). The van der Waals surface area contributed by atoms with Crippen LogP contribution in [0.25, 0.3) is 0 Å². The van der Waals surface area contributed by atoms with Crippen molar-refractivity contribution in [2.24, 2.45) is 11.1 Å². The van der Waals surface area contributed by atoms with Crippen molar-refractivity contribution in [2.75, 3.05) is 25.1 Å². The maximum Gasteiger partial charge on any atom is 0.246 e. The highest BCUT2D eigenvalue weighted by atomic mass is 16.5. The monoisotopic (exact) mass is 371 g/mol. The third-order valence-electron chi connectivity index (χ3n) is 4.85. The van der Waals surface area contributed by atoms with E-state index in [1.54, 1.807) is 23.1 Å². The molecular weight excluding hydrogens is 346 g/mol. The molecule has 0 radical (unpaired) electrons. The number of nitrogens with zero attached hydrogens (tertiary/aromatic N) is 2. The quantitative estimate of drug-likeness (QED) is 0.669. The van der Waals surface area contributed by atoms with Gasteiger partial charge < -0.3 is 21.1 Å². The summed E-state index contributed by atoms with van der Waals surface area (Å²) in [7, 11) is 0. The maximum atomic E-state index is 12.6. The Morgan fingerprint density at radius 3 is 2.78 bits per heavy atom. The van der Waals surface area contributed by atoms with E-state index in [1.165, 1.54) is 0 Å². The number of ether oxygens (including phenoxy) is 1. The predicted molar refractivity (Wildman–Crippen MR) is 101 cm³/mol. The first kappa shape index (κ1) is 19.1. The lowest BCUT2D eigenvalue weighted by atomic mass is 9.79. The highest BCUT2D eigenvalue weighted by Gasteiger charge is 2.38. The van der Waals surface area contributed by atoms with Crippen LogP contribution in [0.2, 0.25) is 0 Å². The Morgan fingerprint density at radius 2 is 2.07 bits per heavy atom. The smallest absolute Gasteiger partial charge is 0.246 e. The van der Waals surface area contributed by atoms with Gasteiger partial charge >= 0.3 is 0 Å². The van der Waals surface area contributed by atoms with Crippen molar-refractivity contribution in [3.05, 3.63) is 48.3 Å². The largest absolute Gasteiger partial charge is 0.381 e. The molecule has 144 valence electrons. The number of rotatable bonds is 7. The average molecular weight is 371 g/mol. The highest BCUT2D eigenvalue weighted by Crippen LogP contribution is 2.29. The fourth-order valence-corrected chi connectivity index (χ4v) is 3.16. The fourth-order valence-electron chi connectivity index (χ4n) is 3.16. The second kappa shape index (κ2) is 8.79. The molecule has 0 saturated carbocycles. The number of benzene rings is 1. The lowest BCUT2D eigenvalue weighted by Crippen LogP contribution is -2.48. The average Bonchev–Trinajstić information content (AvgIpc) is 3.19. The van der Waals surface area contributed by atoms with Gasteiger partial charge in [-0.3, -0.25) is 14.3 Å². The Labute approximate surface area is 158 Å². The van der Waals surface area contributed by atoms with Crippen LogP contribution in [-0.4, -0.2) is 41.4 Å². The summed E-state index contributed by atoms with van der Waals surface area (Å²) >= 11 is 0. The van der Waals surface area contributed by atoms with Crippen molar-refractivity contribution >= 4 is 17.5 Å². The third kappa shape index (κ3) is 4.93. The lowest BCUT2D eigenvalue weighted by molar-refractivity contribution is -0.136. The summed E-state index contributed by atoms with van der Waals surface area (Å²) in [4.78, 5) is 24.7. The van der Waals surface area contributed by atoms with Crippen molar-refractivity contribution in [1.29, 1.82) is 0 Å². The van der Waals surface area contributed by atoms with E-state index >= 15 is 0 Å². The molecule has 1 aliphatic rings. The number of anilines is 1. The summed E-state index contributed by atoms with van der Waals surface area (Å²) in [5.41, 5.74) is 6.91. The number of hydrogen-bond acceptors (Lipinski definition) is 5. The van der Waals surface area contributed by atoms with Crippen LogP contribution < -0.4 is 16.4 Å². The Morgan fingerprint density at radius 1 is 1.26 bits per heavy atom. The first-order chi connectivity index (χ1) is 13.1. The van der Waals surface area contributed by atoms with Gasteiger partial charge in [0.25, 0.3) is 0 Å². The molecule has 2 aromatic rings. The number of nitrogens with two attached hydrogens (primary N) is 1. The molecule has 0 atom stereocenters. The molecule has 2 heterocycles. The zero-order valence-electron chi connectivity index (χ0n) is 15.2. The Balaban J connectivity index is 1.55. The minimum atomic E-state index is -0.548. The summed E-state index contributed by atoms with van der Waals surface area (Å²) in [6.45, 7) is 1.95. The van der Waals surface area contributed by atoms with E-state index in [1.807, 2.05) is 24.3 Å². The highest BCUT2D eigenvalue weighted by molar-refractivity contribution is 5.90. The number of hydrogen-bond donors (Lipinski definition) is 3. The van der Waals surface area contributed by atoms with Gasteiger partial charge in [0.05, 0.1) is 5.41 Å². The van der Waals surface area contributed by atoms with Crippen molar-refractivity contribution < 1.29 is 14.3 Å². The van der Waals surface area contributed by atoms with Gasteiger partial charge in [-0.2, -0.15) is 5.10 Å². The molecular formula is C19H25N5O3. The zero-order valence-corrected chi connectivity index (χ0v) is 15.2. The molecule has 1 aromatic carbocycles. The molecule has 4 N–H and O–H groups in total. The standard InChI is InChI=1S/C19H25N5O3/c20-14-19(5-9-27-10-6-19)18(26)21-12-15-3-1-4-16(11-15)23-17(25)13-24-8-2-7-22-24/h1-4,7-8,11H,5-6,9-10,12-14,20H2,(H,21,26)(H,23,25). The minimum absolute atomic E-state index is 0.0404. The summed E-state index contributed by atoms with van der Waals surface area (Å²) in [5, 5.41) is 9.83. The number of carbonyl (C=O) groups is 2. The van der Waals surface area contributed by atoms with Gasteiger partial charge in [-0.15, -0.1) is 0 Å². The van der Waals surface area contributed by atoms with Crippen LogP contribution in [0.1, 0.15) is 18.4 Å². The molecule has 0 aliphatic carbocycles. The SMILES string of the molecule is NCC1(C(=O)NCc2cccc(NC(=O)Cn3cccn3)c2)CCOCC1. The Kier molecular flexibility index (Phi) is 6.20. The summed E-state index contributed by atoms with van der Waals surface area (Å²) < 4.78 is 6.90. The van der Waals surface area contributed by atoms with Gasteiger partial charge in [0.2, 0.25) is 11.8 Å². The molecule has 8 nitrogen and oxygen atoms in total. The molecule has 0 unspecified atom stereocenters. The van der Waals surface area contributed by atoms with Crippen LogP contribution in [-0.2, 0) is 27.4 Å². The van der Waals surface area contributed by atoms with E-state index in [2.05, 4.69) is 15.7 Å². The molecule has 0 spiro atoms. The second-order valence-electron chi connectivity index (χ2n) is 6.73. The molecule has 1 fully saturated rings.